The fourth-order valence-electron chi connectivity index (χ4n) is 4.01. The molecule has 0 saturated carbocycles. The fraction of sp³-hybridized carbons (Fsp3) is 0.350. The molecule has 2 heterocycles. The van der Waals surface area contributed by atoms with Gasteiger partial charge in [-0.05, 0) is 55.5 Å². The Kier molecular flexibility index (Phi) is 3.89. The highest BCUT2D eigenvalue weighted by atomic mass is 16.2. The van der Waals surface area contributed by atoms with Gasteiger partial charge in [0, 0.05) is 30.2 Å². The molecule has 4 rings (SSSR count). The molecule has 2 aromatic rings. The summed E-state index contributed by atoms with van der Waals surface area (Å²) in [7, 11) is 0. The number of para-hydroxylation sites is 1. The van der Waals surface area contributed by atoms with E-state index in [9.17, 15) is 4.79 Å². The minimum atomic E-state index is -0.0835. The summed E-state index contributed by atoms with van der Waals surface area (Å²) in [5.41, 5.74) is 10.4. The molecule has 1 unspecified atom stereocenters. The Morgan fingerprint density at radius 1 is 0.958 bits per heavy atom. The number of carbonyl (C=O) groups is 1. The number of fused-ring (bicyclic) bond motifs is 1. The molecule has 2 aliphatic heterocycles. The molecule has 2 N–H and O–H groups in total. The van der Waals surface area contributed by atoms with Crippen LogP contribution < -0.4 is 15.5 Å². The monoisotopic (exact) mass is 321 g/mol. The van der Waals surface area contributed by atoms with Crippen LogP contribution >= 0.6 is 0 Å². The van der Waals surface area contributed by atoms with Crippen molar-refractivity contribution in [3.05, 3.63) is 54.1 Å². The zero-order chi connectivity index (χ0) is 16.5. The average Bonchev–Trinajstić information content (AvgIpc) is 2.63. The predicted octanol–water partition coefficient (Wildman–Crippen LogP) is 3.22. The van der Waals surface area contributed by atoms with Gasteiger partial charge in [0.15, 0.2) is 0 Å². The second kappa shape index (κ2) is 6.19. The van der Waals surface area contributed by atoms with Crippen LogP contribution in [0.25, 0.3) is 0 Å². The highest BCUT2D eigenvalue weighted by molar-refractivity contribution is 6.00. The van der Waals surface area contributed by atoms with Crippen molar-refractivity contribution in [2.45, 2.75) is 31.7 Å². The van der Waals surface area contributed by atoms with Crippen LogP contribution in [0.1, 0.15) is 24.8 Å². The number of nitrogens with two attached hydrogens (primary N) is 1. The molecule has 1 fully saturated rings. The minimum absolute atomic E-state index is 0.0835. The van der Waals surface area contributed by atoms with Crippen molar-refractivity contribution < 1.29 is 4.79 Å². The van der Waals surface area contributed by atoms with E-state index >= 15 is 0 Å². The third-order valence-electron chi connectivity index (χ3n) is 5.18. The predicted molar refractivity (Wildman–Crippen MR) is 98.3 cm³/mol. The molecule has 0 radical (unpaired) electrons. The molecule has 4 heteroatoms. The molecule has 2 aliphatic rings. The molecule has 0 aromatic heterocycles. The van der Waals surface area contributed by atoms with Gasteiger partial charge < -0.3 is 15.5 Å². The number of hydrogen-bond donors (Lipinski definition) is 1. The summed E-state index contributed by atoms with van der Waals surface area (Å²) in [6.45, 7) is 1.73. The van der Waals surface area contributed by atoms with Gasteiger partial charge >= 0.3 is 0 Å². The minimum Gasteiger partial charge on any atom is -0.398 e. The van der Waals surface area contributed by atoms with E-state index in [2.05, 4.69) is 11.0 Å². The Bertz CT molecular complexity index is 744. The maximum absolute atomic E-state index is 13.2. The van der Waals surface area contributed by atoms with Crippen LogP contribution in [0, 0.1) is 0 Å². The van der Waals surface area contributed by atoms with E-state index in [0.29, 0.717) is 0 Å². The number of rotatable bonds is 2. The Morgan fingerprint density at radius 3 is 2.62 bits per heavy atom. The highest BCUT2D eigenvalue weighted by Gasteiger charge is 2.36. The molecule has 24 heavy (non-hydrogen) atoms. The molecule has 2 aromatic carbocycles. The summed E-state index contributed by atoms with van der Waals surface area (Å²) in [6, 6.07) is 16.0. The van der Waals surface area contributed by atoms with E-state index in [0.717, 1.165) is 55.8 Å². The van der Waals surface area contributed by atoms with Gasteiger partial charge in [0.1, 0.15) is 6.04 Å². The summed E-state index contributed by atoms with van der Waals surface area (Å²) in [4.78, 5) is 17.4. The van der Waals surface area contributed by atoms with E-state index in [-0.39, 0.29) is 11.9 Å². The van der Waals surface area contributed by atoms with Gasteiger partial charge in [-0.1, -0.05) is 24.3 Å². The summed E-state index contributed by atoms with van der Waals surface area (Å²) < 4.78 is 0. The molecule has 0 spiro atoms. The maximum Gasteiger partial charge on any atom is 0.249 e. The van der Waals surface area contributed by atoms with Crippen molar-refractivity contribution in [2.75, 3.05) is 28.6 Å². The van der Waals surface area contributed by atoms with Crippen molar-refractivity contribution in [3.8, 4) is 0 Å². The fourth-order valence-corrected chi connectivity index (χ4v) is 4.01. The lowest BCUT2D eigenvalue weighted by molar-refractivity contribution is -0.121. The molecule has 0 aliphatic carbocycles. The van der Waals surface area contributed by atoms with Gasteiger partial charge in [-0.25, -0.2) is 0 Å². The summed E-state index contributed by atoms with van der Waals surface area (Å²) in [6.07, 6.45) is 3.99. The van der Waals surface area contributed by atoms with Crippen molar-refractivity contribution in [1.29, 1.82) is 0 Å². The number of anilines is 3. The van der Waals surface area contributed by atoms with Crippen LogP contribution in [0.3, 0.4) is 0 Å². The molecule has 1 saturated heterocycles. The van der Waals surface area contributed by atoms with Crippen molar-refractivity contribution in [3.63, 3.8) is 0 Å². The lowest BCUT2D eigenvalue weighted by Crippen LogP contribution is -2.54. The Labute approximate surface area is 142 Å². The van der Waals surface area contributed by atoms with Crippen molar-refractivity contribution in [2.24, 2.45) is 0 Å². The molecular formula is C20H23N3O. The van der Waals surface area contributed by atoms with Crippen molar-refractivity contribution in [1.82, 2.24) is 0 Å². The topological polar surface area (TPSA) is 49.6 Å². The quantitative estimate of drug-likeness (QED) is 0.864. The maximum atomic E-state index is 13.2. The first-order valence-corrected chi connectivity index (χ1v) is 8.76. The van der Waals surface area contributed by atoms with Crippen LogP contribution in [-0.4, -0.2) is 25.0 Å². The zero-order valence-corrected chi connectivity index (χ0v) is 13.8. The first-order chi connectivity index (χ1) is 11.8. The number of nitrogen functional groups attached to an aromatic ring is 1. The lowest BCUT2D eigenvalue weighted by atomic mass is 9.95. The van der Waals surface area contributed by atoms with Crippen LogP contribution in [0.5, 0.6) is 0 Å². The number of amides is 1. The number of piperidine rings is 1. The first-order valence-electron chi connectivity index (χ1n) is 8.76. The van der Waals surface area contributed by atoms with Crippen LogP contribution in [0.2, 0.25) is 0 Å². The molecule has 4 nitrogen and oxygen atoms in total. The van der Waals surface area contributed by atoms with E-state index in [1.165, 1.54) is 5.56 Å². The van der Waals surface area contributed by atoms with Crippen molar-refractivity contribution >= 4 is 23.0 Å². The normalized spacial score (nSPS) is 20.8. The largest absolute Gasteiger partial charge is 0.398 e. The molecule has 124 valence electrons. The van der Waals surface area contributed by atoms with Gasteiger partial charge in [-0.15, -0.1) is 0 Å². The van der Waals surface area contributed by atoms with Crippen LogP contribution in [0.4, 0.5) is 17.1 Å². The lowest BCUT2D eigenvalue weighted by Gasteiger charge is -2.42. The third kappa shape index (κ3) is 2.52. The summed E-state index contributed by atoms with van der Waals surface area (Å²) >= 11 is 0. The highest BCUT2D eigenvalue weighted by Crippen LogP contribution is 2.35. The van der Waals surface area contributed by atoms with Crippen LogP contribution in [0.15, 0.2) is 48.5 Å². The van der Waals surface area contributed by atoms with Gasteiger partial charge in [0.25, 0.3) is 0 Å². The number of nitrogens with zero attached hydrogens (tertiary/aromatic N) is 2. The van der Waals surface area contributed by atoms with E-state index in [1.807, 2.05) is 47.4 Å². The molecular weight excluding hydrogens is 298 g/mol. The summed E-state index contributed by atoms with van der Waals surface area (Å²) in [5, 5.41) is 0. The standard InChI is InChI=1S/C20H23N3O/c21-17-10-4-11-18-16(17)9-5-14-23(18)19-12-6-13-22(20(19)24)15-7-2-1-3-8-15/h1-4,7-8,10-11,19H,5-6,9,12-14,21H2. The number of carbonyl (C=O) groups excluding carboxylic acids is 1. The van der Waals surface area contributed by atoms with Gasteiger partial charge in [-0.2, -0.15) is 0 Å². The van der Waals surface area contributed by atoms with E-state index in [4.69, 9.17) is 5.73 Å². The van der Waals surface area contributed by atoms with Gasteiger partial charge in [-0.3, -0.25) is 4.79 Å². The zero-order valence-electron chi connectivity index (χ0n) is 13.8. The van der Waals surface area contributed by atoms with Gasteiger partial charge in [0.05, 0.1) is 0 Å². The Hall–Kier alpha value is -2.49. The second-order valence-corrected chi connectivity index (χ2v) is 6.63. The number of hydrogen-bond acceptors (Lipinski definition) is 3. The smallest absolute Gasteiger partial charge is 0.249 e. The average molecular weight is 321 g/mol. The number of benzene rings is 2. The van der Waals surface area contributed by atoms with Gasteiger partial charge in [0.2, 0.25) is 5.91 Å². The van der Waals surface area contributed by atoms with E-state index in [1.54, 1.807) is 0 Å². The SMILES string of the molecule is Nc1cccc2c1CCCN2C1CCCN(c2ccccc2)C1=O. The molecule has 1 atom stereocenters. The first kappa shape index (κ1) is 15.1. The van der Waals surface area contributed by atoms with Crippen LogP contribution in [-0.2, 0) is 11.2 Å². The third-order valence-corrected chi connectivity index (χ3v) is 5.18. The second-order valence-electron chi connectivity index (χ2n) is 6.63. The van der Waals surface area contributed by atoms with E-state index < -0.39 is 0 Å². The summed E-state index contributed by atoms with van der Waals surface area (Å²) in [5.74, 6) is 0.211. The Morgan fingerprint density at radius 2 is 1.79 bits per heavy atom. The Balaban J connectivity index is 1.66. The molecule has 0 bridgehead atoms. The molecule has 1 amide bonds.